The van der Waals surface area contributed by atoms with Gasteiger partial charge >= 0.3 is 6.09 Å². The molecule has 1 amide bonds. The van der Waals surface area contributed by atoms with Crippen molar-refractivity contribution in [3.05, 3.63) is 89.6 Å². The van der Waals surface area contributed by atoms with Gasteiger partial charge in [-0.25, -0.2) is 4.79 Å². The van der Waals surface area contributed by atoms with Gasteiger partial charge in [0.05, 0.1) is 11.8 Å². The second-order valence-electron chi connectivity index (χ2n) is 10.2. The van der Waals surface area contributed by atoms with Gasteiger partial charge in [-0.3, -0.25) is 4.98 Å². The summed E-state index contributed by atoms with van der Waals surface area (Å²) in [5.41, 5.74) is 10.4. The number of aromatic nitrogens is 1. The highest BCUT2D eigenvalue weighted by Gasteiger charge is 2.28. The number of nitrogens with zero attached hydrogens (tertiary/aromatic N) is 1. The molecule has 0 saturated carbocycles. The summed E-state index contributed by atoms with van der Waals surface area (Å²) in [5.74, 6) is 0. The van der Waals surface area contributed by atoms with Crippen molar-refractivity contribution in [2.75, 3.05) is 0 Å². The average molecular weight is 476 g/mol. The number of nitrogens with one attached hydrogen (secondary N) is 1. The van der Waals surface area contributed by atoms with Crippen LogP contribution in [0.15, 0.2) is 72.9 Å². The van der Waals surface area contributed by atoms with E-state index in [2.05, 4.69) is 61.4 Å². The Bertz CT molecular complexity index is 1060. The van der Waals surface area contributed by atoms with Gasteiger partial charge in [-0.15, -0.1) is 0 Å². The van der Waals surface area contributed by atoms with Gasteiger partial charge in [0, 0.05) is 29.8 Å². The second kappa shape index (κ2) is 12.0. The number of amides is 1. The Kier molecular flexibility index (Phi) is 9.01. The van der Waals surface area contributed by atoms with Crippen LogP contribution in [0.2, 0.25) is 0 Å². The van der Waals surface area contributed by atoms with Gasteiger partial charge in [0.15, 0.2) is 0 Å². The molecule has 0 fully saturated rings. The number of hydrogen-bond donors (Lipinski definition) is 3. The molecule has 6 nitrogen and oxygen atoms in total. The lowest BCUT2D eigenvalue weighted by atomic mass is 9.93. The molecule has 0 saturated heterocycles. The van der Waals surface area contributed by atoms with Gasteiger partial charge in [0.2, 0.25) is 0 Å². The number of ether oxygens (including phenoxy) is 1. The highest BCUT2D eigenvalue weighted by molar-refractivity contribution is 5.65. The first-order chi connectivity index (χ1) is 16.6. The number of carbonyl (C=O) groups is 1. The van der Waals surface area contributed by atoms with E-state index in [1.54, 1.807) is 0 Å². The quantitative estimate of drug-likeness (QED) is 0.391. The van der Waals surface area contributed by atoms with Crippen molar-refractivity contribution < 1.29 is 14.6 Å². The number of carbonyl (C=O) groups excluding carboxylic acids is 1. The van der Waals surface area contributed by atoms with Crippen molar-refractivity contribution >= 4 is 6.09 Å². The lowest BCUT2D eigenvalue weighted by Crippen LogP contribution is -2.48. The minimum atomic E-state index is -0.884. The molecule has 1 heterocycles. The van der Waals surface area contributed by atoms with Crippen LogP contribution in [0.25, 0.3) is 11.3 Å². The summed E-state index contributed by atoms with van der Waals surface area (Å²) in [6.45, 7) is 8.31. The van der Waals surface area contributed by atoms with E-state index in [9.17, 15) is 9.90 Å². The molecule has 35 heavy (non-hydrogen) atoms. The van der Waals surface area contributed by atoms with Crippen molar-refractivity contribution in [2.45, 2.75) is 70.7 Å². The van der Waals surface area contributed by atoms with E-state index in [-0.39, 0.29) is 11.6 Å². The maximum Gasteiger partial charge on any atom is 0.404 e. The molecule has 0 aliphatic heterocycles. The molecule has 0 radical (unpaired) electrons. The minimum Gasteiger partial charge on any atom is -0.443 e. The summed E-state index contributed by atoms with van der Waals surface area (Å²) in [5, 5.41) is 14.7. The molecule has 1 aromatic heterocycles. The van der Waals surface area contributed by atoms with Crippen molar-refractivity contribution in [3.63, 3.8) is 0 Å². The summed E-state index contributed by atoms with van der Waals surface area (Å²) in [6.07, 6.45) is 0.895. The van der Waals surface area contributed by atoms with Crippen molar-refractivity contribution in [3.8, 4) is 11.3 Å². The largest absolute Gasteiger partial charge is 0.443 e. The molecule has 0 aliphatic carbocycles. The number of aryl methyl sites for hydroxylation is 1. The highest BCUT2D eigenvalue weighted by Crippen LogP contribution is 2.21. The van der Waals surface area contributed by atoms with E-state index < -0.39 is 18.3 Å². The van der Waals surface area contributed by atoms with Crippen LogP contribution in [0.3, 0.4) is 0 Å². The first-order valence-corrected chi connectivity index (χ1v) is 12.1. The first-order valence-electron chi connectivity index (χ1n) is 12.1. The lowest BCUT2D eigenvalue weighted by Gasteiger charge is -2.32. The van der Waals surface area contributed by atoms with E-state index in [0.717, 1.165) is 27.9 Å². The van der Waals surface area contributed by atoms with Gasteiger partial charge in [-0.05, 0) is 63.3 Å². The van der Waals surface area contributed by atoms with Gasteiger partial charge < -0.3 is 20.9 Å². The summed E-state index contributed by atoms with van der Waals surface area (Å²) in [4.78, 5) is 16.1. The smallest absolute Gasteiger partial charge is 0.404 e. The van der Waals surface area contributed by atoms with E-state index >= 15 is 0 Å². The minimum absolute atomic E-state index is 0.0388. The van der Waals surface area contributed by atoms with Crippen LogP contribution >= 0.6 is 0 Å². The summed E-state index contributed by atoms with van der Waals surface area (Å²) in [6, 6.07) is 22.0. The Morgan fingerprint density at radius 1 is 1.00 bits per heavy atom. The third-order valence-corrected chi connectivity index (χ3v) is 5.78. The Morgan fingerprint density at radius 2 is 1.66 bits per heavy atom. The number of pyridine rings is 1. The van der Waals surface area contributed by atoms with Gasteiger partial charge in [0.25, 0.3) is 0 Å². The third kappa shape index (κ3) is 8.81. The Labute approximate surface area is 208 Å². The monoisotopic (exact) mass is 475 g/mol. The van der Waals surface area contributed by atoms with Crippen molar-refractivity contribution in [2.24, 2.45) is 5.73 Å². The summed E-state index contributed by atoms with van der Waals surface area (Å²) in [7, 11) is 0. The van der Waals surface area contributed by atoms with E-state index in [4.69, 9.17) is 10.5 Å². The maximum atomic E-state index is 11.5. The summed E-state index contributed by atoms with van der Waals surface area (Å²) < 4.78 is 5.32. The third-order valence-electron chi connectivity index (χ3n) is 5.78. The molecular weight excluding hydrogens is 438 g/mol. The Hall–Kier alpha value is -3.22. The molecule has 2 aromatic carbocycles. The SMILES string of the molecule is Cc1ccc(-c2ccc(C[C@@H](C[C@H](O)[C@H](Cc3ccccc3)OC(N)=O)NC(C)(C)C)cc2)nc1. The topological polar surface area (TPSA) is 97.5 Å². The van der Waals surface area contributed by atoms with Crippen LogP contribution in [0, 0.1) is 6.92 Å². The molecular formula is C29H37N3O3. The van der Waals surface area contributed by atoms with E-state index in [0.29, 0.717) is 19.3 Å². The fourth-order valence-electron chi connectivity index (χ4n) is 4.24. The number of aliphatic hydroxyl groups excluding tert-OH is 1. The number of hydrogen-bond acceptors (Lipinski definition) is 5. The zero-order valence-corrected chi connectivity index (χ0v) is 21.1. The molecule has 186 valence electrons. The molecule has 0 spiro atoms. The fraction of sp³-hybridized carbons (Fsp3) is 0.379. The number of aliphatic hydroxyl groups is 1. The van der Waals surface area contributed by atoms with Crippen LogP contribution in [0.1, 0.15) is 43.9 Å². The molecule has 3 atom stereocenters. The zero-order chi connectivity index (χ0) is 25.4. The van der Waals surface area contributed by atoms with Crippen LogP contribution < -0.4 is 11.1 Å². The van der Waals surface area contributed by atoms with Crippen molar-refractivity contribution in [1.82, 2.24) is 10.3 Å². The number of nitrogens with two attached hydrogens (primary N) is 1. The van der Waals surface area contributed by atoms with Crippen molar-refractivity contribution in [1.29, 1.82) is 0 Å². The van der Waals surface area contributed by atoms with Gasteiger partial charge in [-0.2, -0.15) is 0 Å². The summed E-state index contributed by atoms with van der Waals surface area (Å²) >= 11 is 0. The van der Waals surface area contributed by atoms with Crippen LogP contribution in [0.4, 0.5) is 4.79 Å². The van der Waals surface area contributed by atoms with Crippen LogP contribution in [-0.2, 0) is 17.6 Å². The fourth-order valence-corrected chi connectivity index (χ4v) is 4.24. The normalized spacial score (nSPS) is 14.2. The molecule has 0 unspecified atom stereocenters. The predicted octanol–water partition coefficient (Wildman–Crippen LogP) is 4.81. The molecule has 3 aromatic rings. The highest BCUT2D eigenvalue weighted by atomic mass is 16.6. The molecule has 0 aliphatic rings. The average Bonchev–Trinajstić information content (AvgIpc) is 2.79. The molecule has 3 rings (SSSR count). The van der Waals surface area contributed by atoms with Crippen LogP contribution in [0.5, 0.6) is 0 Å². The molecule has 0 bridgehead atoms. The van der Waals surface area contributed by atoms with E-state index in [1.807, 2.05) is 49.5 Å². The Balaban J connectivity index is 1.73. The first kappa shape index (κ1) is 26.4. The van der Waals surface area contributed by atoms with Gasteiger partial charge in [0.1, 0.15) is 6.10 Å². The van der Waals surface area contributed by atoms with Gasteiger partial charge in [-0.1, -0.05) is 60.7 Å². The maximum absolute atomic E-state index is 11.5. The zero-order valence-electron chi connectivity index (χ0n) is 21.1. The van der Waals surface area contributed by atoms with E-state index in [1.165, 1.54) is 0 Å². The van der Waals surface area contributed by atoms with Crippen LogP contribution in [-0.4, -0.2) is 40.0 Å². The number of benzene rings is 2. The molecule has 6 heteroatoms. The lowest BCUT2D eigenvalue weighted by molar-refractivity contribution is -0.00340. The number of primary amides is 1. The second-order valence-corrected chi connectivity index (χ2v) is 10.2. The molecule has 4 N–H and O–H groups in total. The number of rotatable bonds is 10. The predicted molar refractivity (Wildman–Crippen MR) is 140 cm³/mol. The Morgan fingerprint density at radius 3 is 2.23 bits per heavy atom. The standard InChI is InChI=1S/C29H37N3O3/c1-20-10-15-25(31-19-20)23-13-11-22(12-14-23)16-24(32-29(2,3)4)18-26(33)27(35-28(30)34)17-21-8-6-5-7-9-21/h5-15,19,24,26-27,32-33H,16-18H2,1-4H3,(H2,30,34)/t24-,26-,27-/m0/s1.